The Morgan fingerprint density at radius 3 is 2.84 bits per heavy atom. The van der Waals surface area contributed by atoms with Crippen molar-refractivity contribution in [2.75, 3.05) is 13.1 Å². The number of likely N-dealkylation sites (tertiary alicyclic amines) is 1. The largest absolute Gasteiger partial charge is 0.481 e. The van der Waals surface area contributed by atoms with Gasteiger partial charge in [-0.3, -0.25) is 9.59 Å². The fourth-order valence-electron chi connectivity index (χ4n) is 2.54. The van der Waals surface area contributed by atoms with Crippen molar-refractivity contribution >= 4 is 23.2 Å². The molecule has 0 radical (unpaired) electrons. The molecule has 5 nitrogen and oxygen atoms in total. The molecule has 1 N–H and O–H groups in total. The molecule has 1 aliphatic rings. The van der Waals surface area contributed by atoms with Crippen LogP contribution in [0.3, 0.4) is 0 Å². The number of carbonyl (C=O) groups is 2. The highest BCUT2D eigenvalue weighted by Crippen LogP contribution is 2.34. The van der Waals surface area contributed by atoms with Gasteiger partial charge in [0.2, 0.25) is 0 Å². The number of carbonyl (C=O) groups excluding carboxylic acids is 1. The van der Waals surface area contributed by atoms with E-state index in [9.17, 15) is 14.7 Å². The lowest BCUT2D eigenvalue weighted by Crippen LogP contribution is -2.49. The average Bonchev–Trinajstić information content (AvgIpc) is 2.84. The number of nitrogens with zero attached hydrogens (tertiary/aromatic N) is 2. The van der Waals surface area contributed by atoms with Gasteiger partial charge in [0, 0.05) is 18.5 Å². The van der Waals surface area contributed by atoms with Crippen LogP contribution in [-0.2, 0) is 4.79 Å². The van der Waals surface area contributed by atoms with Crippen molar-refractivity contribution in [2.45, 2.75) is 33.1 Å². The predicted molar refractivity (Wildman–Crippen MR) is 72.3 cm³/mol. The zero-order chi connectivity index (χ0) is 14.0. The SMILES string of the molecule is CCC1(C(=O)O)CCCN(C(=O)c2csc(C)n2)C1. The first-order valence-electron chi connectivity index (χ1n) is 6.43. The summed E-state index contributed by atoms with van der Waals surface area (Å²) < 4.78 is 0. The summed E-state index contributed by atoms with van der Waals surface area (Å²) in [6.45, 7) is 4.62. The maximum atomic E-state index is 12.3. The molecule has 104 valence electrons. The first-order valence-corrected chi connectivity index (χ1v) is 7.31. The Kier molecular flexibility index (Phi) is 3.89. The second-order valence-corrected chi connectivity index (χ2v) is 6.08. The molecular weight excluding hydrogens is 264 g/mol. The number of aryl methyl sites for hydroxylation is 1. The Morgan fingerprint density at radius 1 is 1.58 bits per heavy atom. The fourth-order valence-corrected chi connectivity index (χ4v) is 3.13. The van der Waals surface area contributed by atoms with E-state index >= 15 is 0 Å². The summed E-state index contributed by atoms with van der Waals surface area (Å²) in [5.74, 6) is -0.954. The van der Waals surface area contributed by atoms with E-state index < -0.39 is 11.4 Å². The second-order valence-electron chi connectivity index (χ2n) is 5.02. The van der Waals surface area contributed by atoms with Gasteiger partial charge in [0.15, 0.2) is 0 Å². The summed E-state index contributed by atoms with van der Waals surface area (Å²) in [5.41, 5.74) is -0.362. The van der Waals surface area contributed by atoms with Crippen molar-refractivity contribution in [3.8, 4) is 0 Å². The molecule has 1 aromatic heterocycles. The van der Waals surface area contributed by atoms with Crippen molar-refractivity contribution in [1.82, 2.24) is 9.88 Å². The minimum absolute atomic E-state index is 0.150. The molecule has 0 saturated carbocycles. The number of rotatable bonds is 3. The smallest absolute Gasteiger partial charge is 0.311 e. The summed E-state index contributed by atoms with van der Waals surface area (Å²) in [6.07, 6.45) is 1.91. The van der Waals surface area contributed by atoms with Crippen LogP contribution in [0.25, 0.3) is 0 Å². The van der Waals surface area contributed by atoms with Crippen LogP contribution in [-0.4, -0.2) is 40.0 Å². The number of thiazole rings is 1. The molecule has 19 heavy (non-hydrogen) atoms. The van der Waals surface area contributed by atoms with E-state index in [-0.39, 0.29) is 12.5 Å². The molecule has 0 aromatic carbocycles. The van der Waals surface area contributed by atoms with E-state index in [2.05, 4.69) is 4.98 Å². The summed E-state index contributed by atoms with van der Waals surface area (Å²) in [6, 6.07) is 0. The third kappa shape index (κ3) is 2.63. The van der Waals surface area contributed by atoms with Crippen molar-refractivity contribution in [3.05, 3.63) is 16.1 Å². The molecule has 2 heterocycles. The third-order valence-electron chi connectivity index (χ3n) is 3.83. The molecule has 1 aliphatic heterocycles. The molecule has 2 rings (SSSR count). The molecule has 1 amide bonds. The van der Waals surface area contributed by atoms with Gasteiger partial charge < -0.3 is 10.0 Å². The third-order valence-corrected chi connectivity index (χ3v) is 4.61. The lowest BCUT2D eigenvalue weighted by molar-refractivity contribution is -0.152. The van der Waals surface area contributed by atoms with Gasteiger partial charge in [-0.2, -0.15) is 0 Å². The second kappa shape index (κ2) is 5.28. The Hall–Kier alpha value is -1.43. The summed E-state index contributed by atoms with van der Waals surface area (Å²) in [4.78, 5) is 29.6. The number of amides is 1. The van der Waals surface area contributed by atoms with Crippen LogP contribution >= 0.6 is 11.3 Å². The predicted octanol–water partition coefficient (Wildman–Crippen LogP) is 2.17. The molecule has 0 bridgehead atoms. The Balaban J connectivity index is 2.17. The monoisotopic (exact) mass is 282 g/mol. The van der Waals surface area contributed by atoms with E-state index in [1.165, 1.54) is 11.3 Å². The molecule has 1 unspecified atom stereocenters. The minimum Gasteiger partial charge on any atom is -0.481 e. The Labute approximate surface area is 116 Å². The number of carboxylic acid groups (broad SMARTS) is 1. The van der Waals surface area contributed by atoms with Crippen LogP contribution in [0.15, 0.2) is 5.38 Å². The molecule has 1 saturated heterocycles. The lowest BCUT2D eigenvalue weighted by atomic mass is 9.77. The number of hydrogen-bond donors (Lipinski definition) is 1. The highest BCUT2D eigenvalue weighted by atomic mass is 32.1. The first-order chi connectivity index (χ1) is 8.98. The van der Waals surface area contributed by atoms with Crippen LogP contribution in [0.4, 0.5) is 0 Å². The van der Waals surface area contributed by atoms with E-state index in [4.69, 9.17) is 0 Å². The maximum Gasteiger partial charge on any atom is 0.311 e. The normalized spacial score (nSPS) is 23.4. The van der Waals surface area contributed by atoms with E-state index in [1.807, 2.05) is 13.8 Å². The van der Waals surface area contributed by atoms with Crippen molar-refractivity contribution in [2.24, 2.45) is 5.41 Å². The van der Waals surface area contributed by atoms with Gasteiger partial charge in [-0.15, -0.1) is 11.3 Å². The van der Waals surface area contributed by atoms with Gasteiger partial charge in [-0.1, -0.05) is 6.92 Å². The number of carboxylic acids is 1. The Bertz CT molecular complexity index is 500. The van der Waals surface area contributed by atoms with Gasteiger partial charge in [0.05, 0.1) is 10.4 Å². The topological polar surface area (TPSA) is 70.5 Å². The molecule has 0 spiro atoms. The van der Waals surface area contributed by atoms with E-state index in [1.54, 1.807) is 10.3 Å². The van der Waals surface area contributed by atoms with Crippen molar-refractivity contribution < 1.29 is 14.7 Å². The molecule has 6 heteroatoms. The highest BCUT2D eigenvalue weighted by molar-refractivity contribution is 7.09. The summed E-state index contributed by atoms with van der Waals surface area (Å²) >= 11 is 1.43. The zero-order valence-electron chi connectivity index (χ0n) is 11.2. The van der Waals surface area contributed by atoms with E-state index in [0.29, 0.717) is 25.1 Å². The summed E-state index contributed by atoms with van der Waals surface area (Å²) in [5, 5.41) is 12.0. The molecule has 1 atom stereocenters. The average molecular weight is 282 g/mol. The zero-order valence-corrected chi connectivity index (χ0v) is 12.0. The fraction of sp³-hybridized carbons (Fsp3) is 0.615. The summed E-state index contributed by atoms with van der Waals surface area (Å²) in [7, 11) is 0. The van der Waals surface area contributed by atoms with Gasteiger partial charge in [-0.05, 0) is 26.2 Å². The van der Waals surface area contributed by atoms with Gasteiger partial charge in [0.25, 0.3) is 5.91 Å². The molecular formula is C13H18N2O3S. The van der Waals surface area contributed by atoms with Crippen LogP contribution in [0.2, 0.25) is 0 Å². The molecule has 1 aromatic rings. The van der Waals surface area contributed by atoms with Crippen molar-refractivity contribution in [1.29, 1.82) is 0 Å². The molecule has 0 aliphatic carbocycles. The van der Waals surface area contributed by atoms with Crippen molar-refractivity contribution in [3.63, 3.8) is 0 Å². The van der Waals surface area contributed by atoms with Gasteiger partial charge in [0.1, 0.15) is 5.69 Å². The molecule has 1 fully saturated rings. The van der Waals surface area contributed by atoms with Crippen LogP contribution in [0.5, 0.6) is 0 Å². The standard InChI is InChI=1S/C13H18N2O3S/c1-3-13(12(17)18)5-4-6-15(8-13)11(16)10-7-19-9(2)14-10/h7H,3-6,8H2,1-2H3,(H,17,18). The first kappa shape index (κ1) is 14.0. The van der Waals surface area contributed by atoms with Crippen LogP contribution in [0.1, 0.15) is 41.7 Å². The number of aliphatic carboxylic acids is 1. The maximum absolute atomic E-state index is 12.3. The number of aromatic nitrogens is 1. The highest BCUT2D eigenvalue weighted by Gasteiger charge is 2.42. The quantitative estimate of drug-likeness (QED) is 0.922. The van der Waals surface area contributed by atoms with E-state index in [0.717, 1.165) is 11.4 Å². The minimum atomic E-state index is -0.804. The number of hydrogen-bond acceptors (Lipinski definition) is 4. The van der Waals surface area contributed by atoms with Gasteiger partial charge >= 0.3 is 5.97 Å². The van der Waals surface area contributed by atoms with Crippen LogP contribution in [0, 0.1) is 12.3 Å². The lowest BCUT2D eigenvalue weighted by Gasteiger charge is -2.39. The number of piperidine rings is 1. The van der Waals surface area contributed by atoms with Crippen LogP contribution < -0.4 is 0 Å². The Morgan fingerprint density at radius 2 is 2.32 bits per heavy atom. The van der Waals surface area contributed by atoms with Gasteiger partial charge in [-0.25, -0.2) is 4.98 Å².